The van der Waals surface area contributed by atoms with E-state index in [1.165, 1.54) is 95.5 Å². The van der Waals surface area contributed by atoms with Crippen molar-refractivity contribution in [1.82, 2.24) is 0 Å². The summed E-state index contributed by atoms with van der Waals surface area (Å²) < 4.78 is 6.63. The smallest absolute Gasteiger partial charge is 0.314 e. The van der Waals surface area contributed by atoms with Gasteiger partial charge in [0.25, 0.3) is 0 Å². The normalized spacial score (nSPS) is 13.4. The molecule has 1 N–H and O–H groups in total. The Morgan fingerprint density at radius 1 is 0.547 bits per heavy atom. The number of carbonyl (C=O) groups is 1. The number of unbranched alkanes of at least 4 members (excludes halogenated alkanes) is 15. The number of hydrogen-bond donors (Lipinski definition) is 1. The maximum Gasteiger partial charge on any atom is 0.314 e. The molecule has 53 heavy (non-hydrogen) atoms. The second-order valence-electron chi connectivity index (χ2n) is 20.6. The molecule has 3 nitrogen and oxygen atoms in total. The Hall–Kier alpha value is -2.29. The molecule has 0 saturated heterocycles. The van der Waals surface area contributed by atoms with Crippen LogP contribution >= 0.6 is 0 Å². The molecule has 0 aliphatic rings. The van der Waals surface area contributed by atoms with Crippen molar-refractivity contribution in [3.8, 4) is 11.5 Å². The molecule has 0 aliphatic heterocycles. The molecule has 0 bridgehead atoms. The number of benzene rings is 2. The molecule has 302 valence electrons. The fourth-order valence-corrected chi connectivity index (χ4v) is 7.66. The quantitative estimate of drug-likeness (QED) is 0.0790. The average Bonchev–Trinajstić information content (AvgIpc) is 3.03. The average molecular weight is 733 g/mol. The fraction of sp³-hybridized carbons (Fsp3) is 0.740. The number of hydrogen-bond acceptors (Lipinski definition) is 3. The Balaban J connectivity index is 2.20. The Morgan fingerprint density at radius 3 is 1.23 bits per heavy atom. The van der Waals surface area contributed by atoms with Gasteiger partial charge in [-0.1, -0.05) is 223 Å². The van der Waals surface area contributed by atoms with E-state index in [1.54, 1.807) is 0 Å². The van der Waals surface area contributed by atoms with E-state index in [4.69, 9.17) is 4.74 Å². The number of esters is 1. The van der Waals surface area contributed by atoms with Crippen molar-refractivity contribution in [2.75, 3.05) is 0 Å². The van der Waals surface area contributed by atoms with Crippen LogP contribution in [0.25, 0.3) is 0 Å². The van der Waals surface area contributed by atoms with Crippen LogP contribution in [0.4, 0.5) is 0 Å². The molecule has 0 aliphatic carbocycles. The molecule has 0 amide bonds. The zero-order chi connectivity index (χ0) is 40.0. The summed E-state index contributed by atoms with van der Waals surface area (Å²) in [5.41, 5.74) is 5.56. The molecule has 0 fully saturated rings. The molecule has 0 heterocycles. The Kier molecular flexibility index (Phi) is 18.7. The number of aromatic hydroxyl groups is 1. The number of aryl methyl sites for hydroxylation is 1. The van der Waals surface area contributed by atoms with Crippen molar-refractivity contribution in [2.45, 2.75) is 234 Å². The highest BCUT2D eigenvalue weighted by molar-refractivity contribution is 5.77. The monoisotopic (exact) mass is 733 g/mol. The van der Waals surface area contributed by atoms with Gasteiger partial charge in [-0.3, -0.25) is 4.79 Å². The van der Waals surface area contributed by atoms with Crippen molar-refractivity contribution in [1.29, 1.82) is 0 Å². The van der Waals surface area contributed by atoms with Crippen molar-refractivity contribution in [2.24, 2.45) is 5.92 Å². The summed E-state index contributed by atoms with van der Waals surface area (Å²) in [6.07, 6.45) is 22.7. The highest BCUT2D eigenvalue weighted by Gasteiger charge is 2.32. The minimum absolute atomic E-state index is 0.131. The van der Waals surface area contributed by atoms with Crippen molar-refractivity contribution in [3.05, 3.63) is 57.6 Å². The number of carbonyl (C=O) groups excluding carboxylic acids is 1. The summed E-state index contributed by atoms with van der Waals surface area (Å²) in [7, 11) is 0. The largest absolute Gasteiger partial charge is 0.507 e. The summed E-state index contributed by atoms with van der Waals surface area (Å²) in [6.45, 7) is 30.6. The summed E-state index contributed by atoms with van der Waals surface area (Å²) in [4.78, 5) is 14.5. The summed E-state index contributed by atoms with van der Waals surface area (Å²) in [5, 5.41) is 11.4. The Labute approximate surface area is 328 Å². The third kappa shape index (κ3) is 16.1. The first-order valence-electron chi connectivity index (χ1n) is 21.8. The molecule has 2 aromatic rings. The minimum Gasteiger partial charge on any atom is -0.507 e. The van der Waals surface area contributed by atoms with Gasteiger partial charge in [-0.2, -0.15) is 0 Å². The first-order valence-corrected chi connectivity index (χ1v) is 21.8. The maximum atomic E-state index is 14.5. The number of rotatable bonds is 21. The molecule has 0 saturated carbocycles. The van der Waals surface area contributed by atoms with Gasteiger partial charge in [0.05, 0.1) is 5.92 Å². The highest BCUT2D eigenvalue weighted by Crippen LogP contribution is 2.43. The molecule has 0 spiro atoms. The van der Waals surface area contributed by atoms with Crippen molar-refractivity contribution < 1.29 is 14.6 Å². The van der Waals surface area contributed by atoms with Gasteiger partial charge in [-0.05, 0) is 58.1 Å². The van der Waals surface area contributed by atoms with Gasteiger partial charge in [-0.25, -0.2) is 0 Å². The van der Waals surface area contributed by atoms with E-state index in [2.05, 4.69) is 121 Å². The fourth-order valence-electron chi connectivity index (χ4n) is 7.66. The SMILES string of the molecule is CCCCCCCCCCCCCCCCCCC(Cc1cc(C(C)(C)C)c(O)c(C(C)(C)C)c1)C(=O)Oc1c(C(C)(C)C)cc(C)cc1C(C)(C)C. The second-order valence-corrected chi connectivity index (χ2v) is 20.6. The Bertz CT molecular complexity index is 1320. The standard InChI is InChI=1S/C50H84O3/c1-15-16-17-18-19-20-21-22-23-24-25-26-27-28-29-30-31-39(34-38-35-40(47(3,4)5)44(51)41(36-38)48(6,7)8)46(52)53-45-42(49(9,10)11)32-37(2)33-43(45)50(12,13)14/h32-33,35-36,39,51H,15-31,34H2,1-14H3. The molecule has 3 heteroatoms. The first kappa shape index (κ1) is 46.9. The predicted octanol–water partition coefficient (Wildman–Crippen LogP) is 15.3. The number of ether oxygens (including phenoxy) is 1. The number of phenols is 1. The lowest BCUT2D eigenvalue weighted by atomic mass is 9.77. The van der Waals surface area contributed by atoms with E-state index in [9.17, 15) is 9.90 Å². The van der Waals surface area contributed by atoms with Gasteiger partial charge in [0.15, 0.2) is 0 Å². The van der Waals surface area contributed by atoms with Crippen LogP contribution in [0, 0.1) is 12.8 Å². The van der Waals surface area contributed by atoms with Gasteiger partial charge < -0.3 is 9.84 Å². The van der Waals surface area contributed by atoms with Crippen LogP contribution < -0.4 is 4.74 Å². The number of phenolic OH excluding ortho intramolecular Hbond substituents is 1. The zero-order valence-corrected chi connectivity index (χ0v) is 37.4. The Morgan fingerprint density at radius 2 is 0.887 bits per heavy atom. The lowest BCUT2D eigenvalue weighted by molar-refractivity contribution is -0.139. The minimum atomic E-state index is -0.270. The molecular weight excluding hydrogens is 649 g/mol. The van der Waals surface area contributed by atoms with Crippen LogP contribution in [0.2, 0.25) is 0 Å². The molecule has 0 aromatic heterocycles. The van der Waals surface area contributed by atoms with E-state index in [1.807, 2.05) is 0 Å². The summed E-state index contributed by atoms with van der Waals surface area (Å²) in [5.74, 6) is 0.728. The van der Waals surface area contributed by atoms with Crippen LogP contribution in [0.1, 0.15) is 233 Å². The van der Waals surface area contributed by atoms with Crippen molar-refractivity contribution >= 4 is 5.97 Å². The van der Waals surface area contributed by atoms with Crippen LogP contribution in [0.5, 0.6) is 11.5 Å². The van der Waals surface area contributed by atoms with E-state index in [0.29, 0.717) is 12.2 Å². The first-order chi connectivity index (χ1) is 24.6. The molecule has 1 unspecified atom stereocenters. The van der Waals surface area contributed by atoms with Crippen LogP contribution in [0.15, 0.2) is 24.3 Å². The van der Waals surface area contributed by atoms with Crippen LogP contribution in [0.3, 0.4) is 0 Å². The third-order valence-electron chi connectivity index (χ3n) is 11.1. The predicted molar refractivity (Wildman–Crippen MR) is 231 cm³/mol. The van der Waals surface area contributed by atoms with Gasteiger partial charge in [0.2, 0.25) is 0 Å². The molecule has 2 rings (SSSR count). The molecular formula is C50H84O3. The third-order valence-corrected chi connectivity index (χ3v) is 11.1. The summed E-state index contributed by atoms with van der Waals surface area (Å²) >= 11 is 0. The van der Waals surface area contributed by atoms with Crippen LogP contribution in [-0.4, -0.2) is 11.1 Å². The maximum absolute atomic E-state index is 14.5. The van der Waals surface area contributed by atoms with E-state index < -0.39 is 0 Å². The topological polar surface area (TPSA) is 46.5 Å². The summed E-state index contributed by atoms with van der Waals surface area (Å²) in [6, 6.07) is 8.69. The molecule has 2 aromatic carbocycles. The van der Waals surface area contributed by atoms with E-state index >= 15 is 0 Å². The second kappa shape index (κ2) is 21.1. The lowest BCUT2D eigenvalue weighted by Gasteiger charge is -2.31. The highest BCUT2D eigenvalue weighted by atomic mass is 16.5. The van der Waals surface area contributed by atoms with E-state index in [-0.39, 0.29) is 33.5 Å². The van der Waals surface area contributed by atoms with E-state index in [0.717, 1.165) is 52.8 Å². The van der Waals surface area contributed by atoms with Gasteiger partial charge in [0, 0.05) is 11.1 Å². The van der Waals surface area contributed by atoms with Crippen LogP contribution in [-0.2, 0) is 32.9 Å². The van der Waals surface area contributed by atoms with Gasteiger partial charge >= 0.3 is 5.97 Å². The molecule has 1 atom stereocenters. The zero-order valence-electron chi connectivity index (χ0n) is 37.4. The lowest BCUT2D eigenvalue weighted by Crippen LogP contribution is -2.27. The van der Waals surface area contributed by atoms with Gasteiger partial charge in [-0.15, -0.1) is 0 Å². The van der Waals surface area contributed by atoms with Gasteiger partial charge in [0.1, 0.15) is 11.5 Å². The molecule has 0 radical (unpaired) electrons. The van der Waals surface area contributed by atoms with Crippen molar-refractivity contribution in [3.63, 3.8) is 0 Å².